The van der Waals surface area contributed by atoms with E-state index in [1.54, 1.807) is 11.0 Å². The van der Waals surface area contributed by atoms with E-state index in [1.165, 1.54) is 12.5 Å². The second kappa shape index (κ2) is 6.56. The summed E-state index contributed by atoms with van der Waals surface area (Å²) in [5.74, 6) is 0.226. The van der Waals surface area contributed by atoms with Crippen LogP contribution in [0.5, 0.6) is 0 Å². The third-order valence-corrected chi connectivity index (χ3v) is 3.08. The highest BCUT2D eigenvalue weighted by molar-refractivity contribution is 5.93. The van der Waals surface area contributed by atoms with Crippen molar-refractivity contribution in [2.24, 2.45) is 5.92 Å². The molecular formula is C14H20N2O4. The van der Waals surface area contributed by atoms with Gasteiger partial charge in [0.1, 0.15) is 12.9 Å². The topological polar surface area (TPSA) is 71.8 Å². The van der Waals surface area contributed by atoms with Gasteiger partial charge in [-0.15, -0.1) is 0 Å². The van der Waals surface area contributed by atoms with Crippen LogP contribution in [0.1, 0.15) is 24.2 Å². The highest BCUT2D eigenvalue weighted by Crippen LogP contribution is 2.09. The molecule has 1 N–H and O–H groups in total. The van der Waals surface area contributed by atoms with Crippen LogP contribution in [0.25, 0.3) is 0 Å². The molecule has 20 heavy (non-hydrogen) atoms. The van der Waals surface area contributed by atoms with E-state index in [-0.39, 0.29) is 24.5 Å². The Hall–Kier alpha value is -1.82. The molecule has 2 heterocycles. The molecule has 1 aromatic rings. The first-order valence-corrected chi connectivity index (χ1v) is 6.76. The van der Waals surface area contributed by atoms with E-state index in [0.29, 0.717) is 31.1 Å². The molecule has 1 atom stereocenters. The molecule has 6 heteroatoms. The smallest absolute Gasteiger partial charge is 0.254 e. The molecule has 0 radical (unpaired) electrons. The van der Waals surface area contributed by atoms with Gasteiger partial charge >= 0.3 is 0 Å². The standard InChI is InChI=1S/C14H20N2O4/c1-10(2)6-16-7-12(20-9-13(16)17)5-15-14(18)11-3-4-19-8-11/h3-4,8,10,12H,5-7,9H2,1-2H3,(H,15,18). The Morgan fingerprint density at radius 3 is 3.00 bits per heavy atom. The van der Waals surface area contributed by atoms with Crippen molar-refractivity contribution in [3.05, 3.63) is 24.2 Å². The van der Waals surface area contributed by atoms with Crippen molar-refractivity contribution in [3.63, 3.8) is 0 Å². The second-order valence-corrected chi connectivity index (χ2v) is 5.35. The highest BCUT2D eigenvalue weighted by Gasteiger charge is 2.26. The van der Waals surface area contributed by atoms with Crippen LogP contribution in [-0.2, 0) is 9.53 Å². The van der Waals surface area contributed by atoms with Gasteiger partial charge in [0.05, 0.1) is 17.9 Å². The average molecular weight is 280 g/mol. The molecule has 2 amide bonds. The first-order chi connectivity index (χ1) is 9.56. The molecule has 6 nitrogen and oxygen atoms in total. The highest BCUT2D eigenvalue weighted by atomic mass is 16.5. The third-order valence-electron chi connectivity index (χ3n) is 3.08. The Bertz CT molecular complexity index is 456. The van der Waals surface area contributed by atoms with Crippen molar-refractivity contribution in [3.8, 4) is 0 Å². The number of carbonyl (C=O) groups excluding carboxylic acids is 2. The maximum absolute atomic E-state index is 11.8. The Kier molecular flexibility index (Phi) is 4.79. The van der Waals surface area contributed by atoms with Crippen molar-refractivity contribution in [1.29, 1.82) is 0 Å². The zero-order valence-electron chi connectivity index (χ0n) is 11.8. The quantitative estimate of drug-likeness (QED) is 0.869. The molecule has 0 aliphatic carbocycles. The lowest BCUT2D eigenvalue weighted by Gasteiger charge is -2.33. The van der Waals surface area contributed by atoms with E-state index in [9.17, 15) is 9.59 Å². The van der Waals surface area contributed by atoms with Crippen molar-refractivity contribution in [2.75, 3.05) is 26.2 Å². The monoisotopic (exact) mass is 280 g/mol. The first-order valence-electron chi connectivity index (χ1n) is 6.76. The van der Waals surface area contributed by atoms with Crippen LogP contribution in [0.2, 0.25) is 0 Å². The summed E-state index contributed by atoms with van der Waals surface area (Å²) in [6, 6.07) is 1.60. The van der Waals surface area contributed by atoms with E-state index < -0.39 is 0 Å². The molecule has 110 valence electrons. The fourth-order valence-corrected chi connectivity index (χ4v) is 2.12. The van der Waals surface area contributed by atoms with Crippen LogP contribution in [0.3, 0.4) is 0 Å². The Morgan fingerprint density at radius 1 is 1.55 bits per heavy atom. The Morgan fingerprint density at radius 2 is 2.35 bits per heavy atom. The normalized spacial score (nSPS) is 19.4. The third kappa shape index (κ3) is 3.84. The molecule has 0 spiro atoms. The van der Waals surface area contributed by atoms with E-state index >= 15 is 0 Å². The molecule has 1 aliphatic heterocycles. The molecule has 1 aromatic heterocycles. The zero-order chi connectivity index (χ0) is 14.5. The Balaban J connectivity index is 1.81. The summed E-state index contributed by atoms with van der Waals surface area (Å²) in [5, 5.41) is 2.78. The molecule has 1 aliphatic rings. The van der Waals surface area contributed by atoms with Crippen molar-refractivity contribution >= 4 is 11.8 Å². The number of ether oxygens (including phenoxy) is 1. The molecule has 2 rings (SSSR count). The van der Waals surface area contributed by atoms with Gasteiger partial charge < -0.3 is 19.4 Å². The molecule has 1 fully saturated rings. The van der Waals surface area contributed by atoms with Crippen LogP contribution in [0.4, 0.5) is 0 Å². The molecular weight excluding hydrogens is 260 g/mol. The van der Waals surface area contributed by atoms with Gasteiger partial charge in [0.2, 0.25) is 5.91 Å². The predicted octanol–water partition coefficient (Wildman–Crippen LogP) is 0.893. The van der Waals surface area contributed by atoms with Gasteiger partial charge in [0.15, 0.2) is 0 Å². The van der Waals surface area contributed by atoms with E-state index in [4.69, 9.17) is 9.15 Å². The minimum absolute atomic E-state index is 0.0103. The number of hydrogen-bond acceptors (Lipinski definition) is 4. The lowest BCUT2D eigenvalue weighted by atomic mass is 10.1. The second-order valence-electron chi connectivity index (χ2n) is 5.35. The van der Waals surface area contributed by atoms with Gasteiger partial charge in [-0.1, -0.05) is 13.8 Å². The summed E-state index contributed by atoms with van der Waals surface area (Å²) in [7, 11) is 0. The number of nitrogens with one attached hydrogen (secondary N) is 1. The first kappa shape index (κ1) is 14.6. The largest absolute Gasteiger partial charge is 0.472 e. The summed E-state index contributed by atoms with van der Waals surface area (Å²) in [5.41, 5.74) is 0.482. The summed E-state index contributed by atoms with van der Waals surface area (Å²) < 4.78 is 10.3. The van der Waals surface area contributed by atoms with Crippen LogP contribution < -0.4 is 5.32 Å². The molecule has 1 unspecified atom stereocenters. The van der Waals surface area contributed by atoms with Gasteiger partial charge in [0, 0.05) is 19.6 Å². The van der Waals surface area contributed by atoms with Crippen LogP contribution in [0.15, 0.2) is 23.0 Å². The summed E-state index contributed by atoms with van der Waals surface area (Å²) in [6.45, 7) is 5.83. The fourth-order valence-electron chi connectivity index (χ4n) is 2.12. The molecule has 0 aromatic carbocycles. The van der Waals surface area contributed by atoms with Gasteiger partial charge in [-0.25, -0.2) is 0 Å². The van der Waals surface area contributed by atoms with E-state index in [2.05, 4.69) is 19.2 Å². The lowest BCUT2D eigenvalue weighted by Crippen LogP contribution is -2.51. The molecule has 0 bridgehead atoms. The number of rotatable bonds is 5. The molecule has 0 saturated carbocycles. The average Bonchev–Trinajstić information content (AvgIpc) is 2.92. The lowest BCUT2D eigenvalue weighted by molar-refractivity contribution is -0.149. The maximum atomic E-state index is 11.8. The van der Waals surface area contributed by atoms with Crippen LogP contribution in [-0.4, -0.2) is 49.1 Å². The summed E-state index contributed by atoms with van der Waals surface area (Å²) in [6.07, 6.45) is 2.68. The van der Waals surface area contributed by atoms with Crippen molar-refractivity contribution in [1.82, 2.24) is 10.2 Å². The van der Waals surface area contributed by atoms with Gasteiger partial charge in [-0.3, -0.25) is 9.59 Å². The van der Waals surface area contributed by atoms with Crippen molar-refractivity contribution in [2.45, 2.75) is 20.0 Å². The number of furan rings is 1. The van der Waals surface area contributed by atoms with E-state index in [0.717, 1.165) is 0 Å². The van der Waals surface area contributed by atoms with Gasteiger partial charge in [0.25, 0.3) is 5.91 Å². The van der Waals surface area contributed by atoms with Gasteiger partial charge in [-0.2, -0.15) is 0 Å². The van der Waals surface area contributed by atoms with Crippen LogP contribution >= 0.6 is 0 Å². The number of nitrogens with zero attached hydrogens (tertiary/aromatic N) is 1. The predicted molar refractivity (Wildman–Crippen MR) is 72.2 cm³/mol. The zero-order valence-corrected chi connectivity index (χ0v) is 11.8. The summed E-state index contributed by atoms with van der Waals surface area (Å²) >= 11 is 0. The minimum atomic E-state index is -0.199. The van der Waals surface area contributed by atoms with Crippen molar-refractivity contribution < 1.29 is 18.7 Å². The number of carbonyl (C=O) groups is 2. The van der Waals surface area contributed by atoms with Crippen LogP contribution in [0, 0.1) is 5.92 Å². The summed E-state index contributed by atoms with van der Waals surface area (Å²) in [4.78, 5) is 25.3. The number of amides is 2. The Labute approximate surface area is 118 Å². The maximum Gasteiger partial charge on any atom is 0.254 e. The van der Waals surface area contributed by atoms with Gasteiger partial charge in [-0.05, 0) is 12.0 Å². The fraction of sp³-hybridized carbons (Fsp3) is 0.571. The minimum Gasteiger partial charge on any atom is -0.472 e. The molecule has 1 saturated heterocycles. The van der Waals surface area contributed by atoms with E-state index in [1.807, 2.05) is 0 Å². The SMILES string of the molecule is CC(C)CN1CC(CNC(=O)c2ccoc2)OCC1=O. The number of morpholine rings is 1. The number of hydrogen-bond donors (Lipinski definition) is 1.